The number of benzene rings is 1. The van der Waals surface area contributed by atoms with Gasteiger partial charge in [-0.25, -0.2) is 13.2 Å². The van der Waals surface area contributed by atoms with Crippen LogP contribution in [0.15, 0.2) is 29.2 Å². The Morgan fingerprint density at radius 2 is 1.80 bits per heavy atom. The summed E-state index contributed by atoms with van der Waals surface area (Å²) in [6.45, 7) is 0.0447. The Bertz CT molecular complexity index is 450. The minimum atomic E-state index is -3.37. The summed E-state index contributed by atoms with van der Waals surface area (Å²) in [4.78, 5) is 10.6. The third-order valence-corrected chi connectivity index (χ3v) is 3.61. The zero-order chi connectivity index (χ0) is 11.5. The number of rotatable bonds is 4. The maximum Gasteiger partial charge on any atom is 0.335 e. The lowest BCUT2D eigenvalue weighted by molar-refractivity contribution is 0.0697. The van der Waals surface area contributed by atoms with Crippen LogP contribution >= 0.6 is 0 Å². The lowest BCUT2D eigenvalue weighted by Crippen LogP contribution is -2.15. The smallest absolute Gasteiger partial charge is 0.335 e. The molecule has 0 atom stereocenters. The number of carboxylic acid groups (broad SMARTS) is 1. The molecule has 15 heavy (non-hydrogen) atoms. The molecule has 1 aromatic rings. The van der Waals surface area contributed by atoms with Gasteiger partial charge in [0.05, 0.1) is 16.2 Å². The third kappa shape index (κ3) is 2.77. The van der Waals surface area contributed by atoms with E-state index in [0.717, 1.165) is 0 Å². The number of aromatic carboxylic acids is 1. The van der Waals surface area contributed by atoms with Crippen molar-refractivity contribution in [1.29, 1.82) is 0 Å². The van der Waals surface area contributed by atoms with Gasteiger partial charge in [0.25, 0.3) is 0 Å². The first-order valence-corrected chi connectivity index (χ1v) is 5.89. The van der Waals surface area contributed by atoms with Crippen molar-refractivity contribution in [1.82, 2.24) is 0 Å². The van der Waals surface area contributed by atoms with Gasteiger partial charge >= 0.3 is 5.97 Å². The average Bonchev–Trinajstić information content (AvgIpc) is 2.18. The van der Waals surface area contributed by atoms with Crippen LogP contribution in [-0.4, -0.2) is 31.8 Å². The molecular weight excluding hydrogens is 218 g/mol. The summed E-state index contributed by atoms with van der Waals surface area (Å²) in [5.41, 5.74) is 5.21. The fourth-order valence-electron chi connectivity index (χ4n) is 1.08. The van der Waals surface area contributed by atoms with Gasteiger partial charge in [0.1, 0.15) is 0 Å². The van der Waals surface area contributed by atoms with Crippen LogP contribution in [0.3, 0.4) is 0 Å². The summed E-state index contributed by atoms with van der Waals surface area (Å²) < 4.78 is 23.0. The van der Waals surface area contributed by atoms with E-state index in [1.165, 1.54) is 24.3 Å². The second-order valence-corrected chi connectivity index (χ2v) is 5.05. The molecule has 0 aliphatic rings. The number of hydrogen-bond acceptors (Lipinski definition) is 4. The Morgan fingerprint density at radius 3 is 2.20 bits per heavy atom. The van der Waals surface area contributed by atoms with E-state index in [1.54, 1.807) is 0 Å². The molecule has 0 saturated carbocycles. The van der Waals surface area contributed by atoms with Crippen molar-refractivity contribution in [2.75, 3.05) is 12.3 Å². The zero-order valence-corrected chi connectivity index (χ0v) is 8.70. The molecule has 0 bridgehead atoms. The molecule has 0 unspecified atom stereocenters. The summed E-state index contributed by atoms with van der Waals surface area (Å²) >= 11 is 0. The van der Waals surface area contributed by atoms with Crippen molar-refractivity contribution in [2.45, 2.75) is 4.90 Å². The second kappa shape index (κ2) is 4.41. The molecule has 0 fully saturated rings. The molecule has 1 rings (SSSR count). The van der Waals surface area contributed by atoms with E-state index in [0.29, 0.717) is 0 Å². The third-order valence-electron chi connectivity index (χ3n) is 1.85. The summed E-state index contributed by atoms with van der Waals surface area (Å²) in [5.74, 6) is -1.22. The van der Waals surface area contributed by atoms with Gasteiger partial charge in [0, 0.05) is 6.54 Å². The summed E-state index contributed by atoms with van der Waals surface area (Å²) in [5, 5.41) is 8.61. The van der Waals surface area contributed by atoms with Crippen molar-refractivity contribution in [3.63, 3.8) is 0 Å². The van der Waals surface area contributed by atoms with Gasteiger partial charge in [-0.2, -0.15) is 0 Å². The summed E-state index contributed by atoms with van der Waals surface area (Å²) in [6.07, 6.45) is 0. The molecular formula is C9H11NO4S. The highest BCUT2D eigenvalue weighted by molar-refractivity contribution is 7.91. The van der Waals surface area contributed by atoms with Gasteiger partial charge in [-0.15, -0.1) is 0 Å². The van der Waals surface area contributed by atoms with E-state index in [-0.39, 0.29) is 22.8 Å². The molecule has 0 radical (unpaired) electrons. The lowest BCUT2D eigenvalue weighted by Gasteiger charge is -2.02. The molecule has 0 aromatic heterocycles. The number of hydrogen-bond donors (Lipinski definition) is 2. The Hall–Kier alpha value is -1.40. The fourth-order valence-corrected chi connectivity index (χ4v) is 2.17. The number of nitrogens with two attached hydrogens (primary N) is 1. The Kier molecular flexibility index (Phi) is 3.43. The molecule has 6 heteroatoms. The minimum absolute atomic E-state index is 0.0447. The van der Waals surface area contributed by atoms with Gasteiger partial charge < -0.3 is 10.8 Å². The van der Waals surface area contributed by atoms with E-state index in [9.17, 15) is 13.2 Å². The van der Waals surface area contributed by atoms with Crippen LogP contribution < -0.4 is 5.73 Å². The summed E-state index contributed by atoms with van der Waals surface area (Å²) in [7, 11) is -3.37. The van der Waals surface area contributed by atoms with Crippen LogP contribution in [0.5, 0.6) is 0 Å². The van der Waals surface area contributed by atoms with Gasteiger partial charge in [-0.3, -0.25) is 0 Å². The molecule has 3 N–H and O–H groups in total. The lowest BCUT2D eigenvalue weighted by atomic mass is 10.2. The molecule has 0 heterocycles. The highest BCUT2D eigenvalue weighted by Crippen LogP contribution is 2.11. The first-order chi connectivity index (χ1) is 6.97. The fraction of sp³-hybridized carbons (Fsp3) is 0.222. The maximum atomic E-state index is 11.5. The second-order valence-electron chi connectivity index (χ2n) is 2.94. The van der Waals surface area contributed by atoms with Crippen LogP contribution in [-0.2, 0) is 9.84 Å². The quantitative estimate of drug-likeness (QED) is 0.764. The van der Waals surface area contributed by atoms with Gasteiger partial charge in [0.15, 0.2) is 9.84 Å². The maximum absolute atomic E-state index is 11.5. The molecule has 0 spiro atoms. The summed E-state index contributed by atoms with van der Waals surface area (Å²) in [6, 6.07) is 5.06. The SMILES string of the molecule is NCCS(=O)(=O)c1ccc(C(=O)O)cc1. The van der Waals surface area contributed by atoms with Gasteiger partial charge in [0.2, 0.25) is 0 Å². The average molecular weight is 229 g/mol. The zero-order valence-electron chi connectivity index (χ0n) is 7.88. The molecule has 0 saturated heterocycles. The Labute approximate surface area is 87.4 Å². The standard InChI is InChI=1S/C9H11NO4S/c10-5-6-15(13,14)8-3-1-7(2-4-8)9(11)12/h1-4H,5-6,10H2,(H,11,12). The van der Waals surface area contributed by atoms with E-state index in [2.05, 4.69) is 0 Å². The van der Waals surface area contributed by atoms with Crippen LogP contribution in [0.25, 0.3) is 0 Å². The molecule has 82 valence electrons. The molecule has 5 nitrogen and oxygen atoms in total. The van der Waals surface area contributed by atoms with E-state index < -0.39 is 15.8 Å². The Morgan fingerprint density at radius 1 is 1.27 bits per heavy atom. The molecule has 1 aromatic carbocycles. The van der Waals surface area contributed by atoms with Crippen LogP contribution in [0, 0.1) is 0 Å². The normalized spacial score (nSPS) is 11.3. The first-order valence-electron chi connectivity index (χ1n) is 4.23. The monoisotopic (exact) mass is 229 g/mol. The molecule has 0 amide bonds. The molecule has 0 aliphatic heterocycles. The van der Waals surface area contributed by atoms with Crippen molar-refractivity contribution in [2.24, 2.45) is 5.73 Å². The van der Waals surface area contributed by atoms with Crippen molar-refractivity contribution >= 4 is 15.8 Å². The largest absolute Gasteiger partial charge is 0.478 e. The number of carbonyl (C=O) groups is 1. The highest BCUT2D eigenvalue weighted by atomic mass is 32.2. The van der Waals surface area contributed by atoms with Crippen LogP contribution in [0.4, 0.5) is 0 Å². The van der Waals surface area contributed by atoms with Crippen molar-refractivity contribution < 1.29 is 18.3 Å². The number of carboxylic acids is 1. The van der Waals surface area contributed by atoms with Crippen molar-refractivity contribution in [3.8, 4) is 0 Å². The van der Waals surface area contributed by atoms with E-state index in [1.807, 2.05) is 0 Å². The minimum Gasteiger partial charge on any atom is -0.478 e. The van der Waals surface area contributed by atoms with E-state index >= 15 is 0 Å². The topological polar surface area (TPSA) is 97.5 Å². The van der Waals surface area contributed by atoms with Crippen LogP contribution in [0.1, 0.15) is 10.4 Å². The predicted octanol–water partition coefficient (Wildman–Crippen LogP) is 0.117. The Balaban J connectivity index is 3.04. The van der Waals surface area contributed by atoms with Crippen LogP contribution in [0.2, 0.25) is 0 Å². The van der Waals surface area contributed by atoms with E-state index in [4.69, 9.17) is 10.8 Å². The van der Waals surface area contributed by atoms with Gasteiger partial charge in [-0.1, -0.05) is 0 Å². The predicted molar refractivity (Wildman–Crippen MR) is 54.5 cm³/mol. The molecule has 0 aliphatic carbocycles. The number of sulfone groups is 1. The first kappa shape index (κ1) is 11.7. The van der Waals surface area contributed by atoms with Gasteiger partial charge in [-0.05, 0) is 24.3 Å². The highest BCUT2D eigenvalue weighted by Gasteiger charge is 2.13. The van der Waals surface area contributed by atoms with Crippen molar-refractivity contribution in [3.05, 3.63) is 29.8 Å².